The standard InChI is InChI=1S/C21H30F2N6O.HI/c1-3-24-21(25-11-6-7-16-13-26-28(2)14-16)27-17-10-12-29(15-17)18-8-4-5-9-19(18)30-20(22)23;/h4-5,8-9,13-14,17,20H,3,6-7,10-12,15H2,1-2H3,(H2,24,25,27);1H. The van der Waals surface area contributed by atoms with Gasteiger partial charge in [0.15, 0.2) is 5.96 Å². The number of aromatic nitrogens is 2. The fourth-order valence-electron chi connectivity index (χ4n) is 3.60. The van der Waals surface area contributed by atoms with Crippen molar-refractivity contribution in [1.29, 1.82) is 0 Å². The molecule has 0 amide bonds. The first-order chi connectivity index (χ1) is 14.5. The van der Waals surface area contributed by atoms with E-state index >= 15 is 0 Å². The zero-order valence-corrected chi connectivity index (χ0v) is 20.3. The highest BCUT2D eigenvalue weighted by atomic mass is 127. The summed E-state index contributed by atoms with van der Waals surface area (Å²) >= 11 is 0. The quantitative estimate of drug-likeness (QED) is 0.218. The van der Waals surface area contributed by atoms with Gasteiger partial charge in [0, 0.05) is 45.5 Å². The summed E-state index contributed by atoms with van der Waals surface area (Å²) in [5.74, 6) is 0.997. The van der Waals surface area contributed by atoms with Crippen molar-refractivity contribution in [3.8, 4) is 5.75 Å². The van der Waals surface area contributed by atoms with Gasteiger partial charge in [-0.3, -0.25) is 9.67 Å². The predicted molar refractivity (Wildman–Crippen MR) is 130 cm³/mol. The molecule has 2 aromatic rings. The van der Waals surface area contributed by atoms with E-state index in [1.807, 2.05) is 38.5 Å². The van der Waals surface area contributed by atoms with E-state index in [1.165, 1.54) is 5.56 Å². The van der Waals surface area contributed by atoms with E-state index in [0.717, 1.165) is 38.3 Å². The van der Waals surface area contributed by atoms with Crippen molar-refractivity contribution in [1.82, 2.24) is 20.4 Å². The van der Waals surface area contributed by atoms with Crippen LogP contribution in [0.4, 0.5) is 14.5 Å². The number of para-hydroxylation sites is 2. The smallest absolute Gasteiger partial charge is 0.387 e. The average Bonchev–Trinajstić information content (AvgIpc) is 3.34. The maximum Gasteiger partial charge on any atom is 0.387 e. The number of halogens is 3. The number of hydrogen-bond acceptors (Lipinski definition) is 4. The number of rotatable bonds is 9. The molecule has 10 heteroatoms. The molecule has 2 N–H and O–H groups in total. The van der Waals surface area contributed by atoms with E-state index < -0.39 is 6.61 Å². The fourth-order valence-corrected chi connectivity index (χ4v) is 3.60. The van der Waals surface area contributed by atoms with Crippen LogP contribution in [0.1, 0.15) is 25.3 Å². The molecule has 0 aliphatic carbocycles. The topological polar surface area (TPSA) is 66.7 Å². The van der Waals surface area contributed by atoms with Crippen molar-refractivity contribution in [2.24, 2.45) is 12.0 Å². The molecule has 31 heavy (non-hydrogen) atoms. The highest BCUT2D eigenvalue weighted by molar-refractivity contribution is 14.0. The molecule has 1 aliphatic rings. The number of benzene rings is 1. The Balaban J connectivity index is 0.00000341. The van der Waals surface area contributed by atoms with Gasteiger partial charge in [-0.2, -0.15) is 13.9 Å². The molecular formula is C21H31F2IN6O. The molecule has 1 aliphatic heterocycles. The molecular weight excluding hydrogens is 517 g/mol. The van der Waals surface area contributed by atoms with Crippen LogP contribution in [0.3, 0.4) is 0 Å². The number of alkyl halides is 2. The van der Waals surface area contributed by atoms with E-state index in [4.69, 9.17) is 0 Å². The summed E-state index contributed by atoms with van der Waals surface area (Å²) in [6, 6.07) is 7.12. The van der Waals surface area contributed by atoms with Crippen molar-refractivity contribution in [2.45, 2.75) is 38.8 Å². The second kappa shape index (κ2) is 12.7. The number of guanidine groups is 1. The van der Waals surface area contributed by atoms with Crippen LogP contribution in [0.5, 0.6) is 5.75 Å². The van der Waals surface area contributed by atoms with Gasteiger partial charge < -0.3 is 20.3 Å². The van der Waals surface area contributed by atoms with Gasteiger partial charge in [-0.05, 0) is 43.9 Å². The number of aryl methyl sites for hydroxylation is 2. The number of nitrogens with zero attached hydrogens (tertiary/aromatic N) is 4. The monoisotopic (exact) mass is 548 g/mol. The van der Waals surface area contributed by atoms with E-state index in [2.05, 4.69) is 30.4 Å². The fraction of sp³-hybridized carbons (Fsp3) is 0.524. The van der Waals surface area contributed by atoms with Gasteiger partial charge in [-0.15, -0.1) is 24.0 Å². The Kier molecular flexibility index (Phi) is 10.3. The third kappa shape index (κ3) is 7.82. The van der Waals surface area contributed by atoms with E-state index in [0.29, 0.717) is 18.8 Å². The third-order valence-electron chi connectivity index (χ3n) is 4.95. The first-order valence-corrected chi connectivity index (χ1v) is 10.4. The molecule has 1 saturated heterocycles. The van der Waals surface area contributed by atoms with Gasteiger partial charge >= 0.3 is 6.61 Å². The number of anilines is 1. The van der Waals surface area contributed by atoms with Crippen LogP contribution < -0.4 is 20.3 Å². The molecule has 2 heterocycles. The molecule has 0 spiro atoms. The lowest BCUT2D eigenvalue weighted by atomic mass is 10.2. The maximum atomic E-state index is 12.7. The van der Waals surface area contributed by atoms with Crippen molar-refractivity contribution in [2.75, 3.05) is 31.1 Å². The lowest BCUT2D eigenvalue weighted by Crippen LogP contribution is -2.44. The van der Waals surface area contributed by atoms with Crippen LogP contribution in [-0.2, 0) is 13.5 Å². The van der Waals surface area contributed by atoms with Crippen LogP contribution in [0, 0.1) is 0 Å². The summed E-state index contributed by atoms with van der Waals surface area (Å²) in [6.45, 7) is 2.15. The second-order valence-corrected chi connectivity index (χ2v) is 7.31. The lowest BCUT2D eigenvalue weighted by Gasteiger charge is -2.22. The highest BCUT2D eigenvalue weighted by Crippen LogP contribution is 2.31. The third-order valence-corrected chi connectivity index (χ3v) is 4.95. The number of hydrogen-bond donors (Lipinski definition) is 2. The summed E-state index contributed by atoms with van der Waals surface area (Å²) in [5, 5.41) is 10.9. The van der Waals surface area contributed by atoms with Crippen LogP contribution in [-0.4, -0.2) is 54.6 Å². The molecule has 1 unspecified atom stereocenters. The molecule has 0 saturated carbocycles. The van der Waals surface area contributed by atoms with Crippen molar-refractivity contribution < 1.29 is 13.5 Å². The molecule has 3 rings (SSSR count). The van der Waals surface area contributed by atoms with Crippen molar-refractivity contribution in [3.63, 3.8) is 0 Å². The largest absolute Gasteiger partial charge is 0.433 e. The Morgan fingerprint density at radius 2 is 2.16 bits per heavy atom. The van der Waals surface area contributed by atoms with Crippen LogP contribution in [0.2, 0.25) is 0 Å². The van der Waals surface area contributed by atoms with Crippen LogP contribution >= 0.6 is 24.0 Å². The number of nitrogens with one attached hydrogen (secondary N) is 2. The molecule has 7 nitrogen and oxygen atoms in total. The molecule has 1 aromatic carbocycles. The number of aliphatic imine (C=N–C) groups is 1. The Hall–Kier alpha value is -2.11. The molecule has 172 valence electrons. The zero-order chi connectivity index (χ0) is 21.3. The van der Waals surface area contributed by atoms with Gasteiger partial charge in [0.25, 0.3) is 0 Å². The van der Waals surface area contributed by atoms with Gasteiger partial charge in [-0.25, -0.2) is 0 Å². The second-order valence-electron chi connectivity index (χ2n) is 7.31. The Morgan fingerprint density at radius 3 is 2.87 bits per heavy atom. The normalized spacial score (nSPS) is 16.4. The molecule has 0 radical (unpaired) electrons. The van der Waals surface area contributed by atoms with E-state index in [9.17, 15) is 8.78 Å². The Bertz CT molecular complexity index is 832. The van der Waals surface area contributed by atoms with Crippen LogP contribution in [0.15, 0.2) is 41.7 Å². The average molecular weight is 548 g/mol. The minimum Gasteiger partial charge on any atom is -0.433 e. The Morgan fingerprint density at radius 1 is 1.35 bits per heavy atom. The van der Waals surface area contributed by atoms with Crippen LogP contribution in [0.25, 0.3) is 0 Å². The van der Waals surface area contributed by atoms with Gasteiger partial charge in [0.1, 0.15) is 5.75 Å². The highest BCUT2D eigenvalue weighted by Gasteiger charge is 2.26. The molecule has 1 atom stereocenters. The van der Waals surface area contributed by atoms with Gasteiger partial charge in [-0.1, -0.05) is 12.1 Å². The van der Waals surface area contributed by atoms with Crippen molar-refractivity contribution in [3.05, 3.63) is 42.2 Å². The summed E-state index contributed by atoms with van der Waals surface area (Å²) < 4.78 is 31.9. The summed E-state index contributed by atoms with van der Waals surface area (Å²) in [5.41, 5.74) is 1.90. The summed E-state index contributed by atoms with van der Waals surface area (Å²) in [7, 11) is 1.91. The lowest BCUT2D eigenvalue weighted by molar-refractivity contribution is -0.0495. The summed E-state index contributed by atoms with van der Waals surface area (Å²) in [4.78, 5) is 6.75. The minimum absolute atomic E-state index is 0. The number of ether oxygens (including phenoxy) is 1. The van der Waals surface area contributed by atoms with Gasteiger partial charge in [0.05, 0.1) is 11.9 Å². The molecule has 1 aromatic heterocycles. The Labute approximate surface area is 199 Å². The van der Waals surface area contributed by atoms with Gasteiger partial charge in [0.2, 0.25) is 0 Å². The first kappa shape index (κ1) is 25.2. The maximum absolute atomic E-state index is 12.7. The van der Waals surface area contributed by atoms with E-state index in [1.54, 1.807) is 16.8 Å². The first-order valence-electron chi connectivity index (χ1n) is 10.4. The van der Waals surface area contributed by atoms with E-state index in [-0.39, 0.29) is 35.8 Å². The minimum atomic E-state index is -2.83. The summed E-state index contributed by atoms with van der Waals surface area (Å²) in [6.07, 6.45) is 6.68. The molecule has 1 fully saturated rings. The molecule has 0 bridgehead atoms. The van der Waals surface area contributed by atoms with Crippen molar-refractivity contribution >= 4 is 35.6 Å². The zero-order valence-electron chi connectivity index (χ0n) is 17.9. The predicted octanol–water partition coefficient (Wildman–Crippen LogP) is 3.41. The SMILES string of the molecule is CCNC(=NCCCc1cnn(C)c1)NC1CCN(c2ccccc2OC(F)F)C1.I.